The smallest absolute Gasteiger partial charge is 0.263 e. The fourth-order valence-electron chi connectivity index (χ4n) is 2.31. The molecule has 1 heterocycles. The summed E-state index contributed by atoms with van der Waals surface area (Å²) in [5, 5.41) is 11.9. The molecule has 0 aliphatic heterocycles. The predicted octanol–water partition coefficient (Wildman–Crippen LogP) is 3.97. The van der Waals surface area contributed by atoms with Gasteiger partial charge in [0, 0.05) is 29.2 Å². The molecule has 2 N–H and O–H groups in total. The monoisotopic (exact) mass is 475 g/mol. The van der Waals surface area contributed by atoms with E-state index in [-0.39, 0.29) is 27.7 Å². The Bertz CT molecular complexity index is 1190. The molecule has 0 unspecified atom stereocenters. The number of nitriles is 1. The number of hydrogen-bond acceptors (Lipinski definition) is 7. The number of anilines is 1. The number of sulfonamides is 1. The van der Waals surface area contributed by atoms with Gasteiger partial charge in [-0.15, -0.1) is 0 Å². The molecule has 0 atom stereocenters. The van der Waals surface area contributed by atoms with E-state index in [9.17, 15) is 17.6 Å². The highest BCUT2D eigenvalue weighted by Gasteiger charge is 2.24. The zero-order valence-corrected chi connectivity index (χ0v) is 19.3. The summed E-state index contributed by atoms with van der Waals surface area (Å²) in [4.78, 5) is 16.1. The molecular weight excluding hydrogens is 453 g/mol. The normalized spacial score (nSPS) is 12.7. The van der Waals surface area contributed by atoms with E-state index in [1.807, 2.05) is 6.07 Å². The molecule has 0 radical (unpaired) electrons. The number of carbonyl (C=O) groups excluding carboxylic acids is 1. The Morgan fingerprint density at radius 2 is 2.00 bits per heavy atom. The second-order valence-corrected chi connectivity index (χ2v) is 9.59. The molecule has 0 bridgehead atoms. The Morgan fingerprint density at radius 1 is 1.34 bits per heavy atom. The van der Waals surface area contributed by atoms with Crippen molar-refractivity contribution in [3.05, 3.63) is 71.9 Å². The summed E-state index contributed by atoms with van der Waals surface area (Å²) < 4.78 is 45.1. The number of hydrogen-bond donors (Lipinski definition) is 2. The van der Waals surface area contributed by atoms with Gasteiger partial charge in [-0.3, -0.25) is 9.52 Å². The number of benzene rings is 1. The highest BCUT2D eigenvalue weighted by atomic mass is 32.2. The molecule has 2 rings (SSSR count). The summed E-state index contributed by atoms with van der Waals surface area (Å²) in [5.41, 5.74) is -0.305. The van der Waals surface area contributed by atoms with Gasteiger partial charge in [0.05, 0.1) is 16.4 Å². The number of aromatic nitrogens is 2. The summed E-state index contributed by atoms with van der Waals surface area (Å²) in [6, 6.07) is 7.31. The van der Waals surface area contributed by atoms with Crippen molar-refractivity contribution < 1.29 is 17.6 Å². The Hall–Kier alpha value is -3.36. The van der Waals surface area contributed by atoms with E-state index in [1.165, 1.54) is 36.7 Å². The third-order valence-electron chi connectivity index (χ3n) is 4.47. The lowest BCUT2D eigenvalue weighted by molar-refractivity contribution is 0.0957. The van der Waals surface area contributed by atoms with Gasteiger partial charge in [-0.05, 0) is 56.7 Å². The number of rotatable bonds is 9. The standard InChI is InChI=1S/C21H22FN5O3S2/c1-5-15(10-18(22)14(2)21(3,4)12-23)11-24-19(28)16-6-8-17(9-7-16)32(29,30)27-20-25-13-26-31-20/h5-10,13H,2,11H2,1,3-4H3,(H,24,28)(H,25,26,27). The molecule has 0 spiro atoms. The summed E-state index contributed by atoms with van der Waals surface area (Å²) in [6.45, 7) is 8.48. The molecule has 32 heavy (non-hydrogen) atoms. The quantitative estimate of drug-likeness (QED) is 0.529. The second kappa shape index (κ2) is 10.3. The Kier molecular flexibility index (Phi) is 8.02. The molecule has 0 fully saturated rings. The number of amides is 1. The van der Waals surface area contributed by atoms with Crippen LogP contribution in [0.15, 0.2) is 71.2 Å². The highest BCUT2D eigenvalue weighted by Crippen LogP contribution is 2.30. The lowest BCUT2D eigenvalue weighted by Crippen LogP contribution is -2.25. The molecule has 2 aromatic rings. The SMILES string of the molecule is C=C(C(F)=CC(=CC)CNC(=O)c1ccc(S(=O)(=O)Nc2ncns2)cc1)C(C)(C)C#N. The summed E-state index contributed by atoms with van der Waals surface area (Å²) in [7, 11) is -3.85. The van der Waals surface area contributed by atoms with Gasteiger partial charge in [-0.1, -0.05) is 12.7 Å². The number of allylic oxidation sites excluding steroid dienone is 3. The first-order valence-electron chi connectivity index (χ1n) is 9.31. The van der Waals surface area contributed by atoms with Crippen LogP contribution in [-0.2, 0) is 10.0 Å². The van der Waals surface area contributed by atoms with Gasteiger partial charge in [0.25, 0.3) is 15.9 Å². The fourth-order valence-corrected chi connectivity index (χ4v) is 3.98. The molecule has 11 heteroatoms. The average molecular weight is 476 g/mol. The van der Waals surface area contributed by atoms with Crippen molar-refractivity contribution >= 4 is 32.6 Å². The van der Waals surface area contributed by atoms with E-state index in [0.717, 1.165) is 11.5 Å². The predicted molar refractivity (Wildman–Crippen MR) is 121 cm³/mol. The number of nitrogens with one attached hydrogen (secondary N) is 2. The lowest BCUT2D eigenvalue weighted by atomic mass is 9.85. The Labute approximate surface area is 190 Å². The second-order valence-electron chi connectivity index (χ2n) is 7.13. The molecule has 1 aromatic carbocycles. The molecule has 8 nitrogen and oxygen atoms in total. The first-order chi connectivity index (χ1) is 15.0. The van der Waals surface area contributed by atoms with Crippen molar-refractivity contribution in [2.75, 3.05) is 11.3 Å². The molecule has 0 aliphatic carbocycles. The van der Waals surface area contributed by atoms with E-state index in [4.69, 9.17) is 5.26 Å². The van der Waals surface area contributed by atoms with E-state index in [2.05, 4.69) is 26.0 Å². The van der Waals surface area contributed by atoms with Crippen molar-refractivity contribution in [2.45, 2.75) is 25.7 Å². The Morgan fingerprint density at radius 3 is 2.53 bits per heavy atom. The van der Waals surface area contributed by atoms with E-state index in [1.54, 1.807) is 26.8 Å². The van der Waals surface area contributed by atoms with Gasteiger partial charge in [-0.25, -0.2) is 17.8 Å². The number of nitrogens with zero attached hydrogens (tertiary/aromatic N) is 3. The minimum absolute atomic E-state index is 0.0294. The summed E-state index contributed by atoms with van der Waals surface area (Å²) in [5.74, 6) is -1.10. The zero-order chi connectivity index (χ0) is 23.9. The van der Waals surface area contributed by atoms with Crippen molar-refractivity contribution in [3.8, 4) is 6.07 Å². The van der Waals surface area contributed by atoms with Crippen molar-refractivity contribution in [3.63, 3.8) is 0 Å². The first kappa shape index (κ1) is 24.9. The van der Waals surface area contributed by atoms with Gasteiger partial charge in [-0.2, -0.15) is 9.64 Å². The molecular formula is C21H22FN5O3S2. The van der Waals surface area contributed by atoms with Gasteiger partial charge < -0.3 is 5.32 Å². The molecule has 1 amide bonds. The van der Waals surface area contributed by atoms with Crippen LogP contribution < -0.4 is 10.0 Å². The maximum absolute atomic E-state index is 14.4. The number of carbonyl (C=O) groups is 1. The van der Waals surface area contributed by atoms with Crippen molar-refractivity contribution in [1.29, 1.82) is 5.26 Å². The van der Waals surface area contributed by atoms with E-state index in [0.29, 0.717) is 5.57 Å². The van der Waals surface area contributed by atoms with Crippen LogP contribution in [-0.4, -0.2) is 30.2 Å². The van der Waals surface area contributed by atoms with Gasteiger partial charge in [0.2, 0.25) is 5.13 Å². The van der Waals surface area contributed by atoms with E-state index >= 15 is 0 Å². The fraction of sp³-hybridized carbons (Fsp3) is 0.238. The van der Waals surface area contributed by atoms with Crippen LogP contribution in [0.4, 0.5) is 9.52 Å². The zero-order valence-electron chi connectivity index (χ0n) is 17.7. The van der Waals surface area contributed by atoms with Crippen molar-refractivity contribution in [1.82, 2.24) is 14.7 Å². The first-order valence-corrected chi connectivity index (χ1v) is 11.6. The maximum atomic E-state index is 14.4. The van der Waals surface area contributed by atoms with Gasteiger partial charge in [0.1, 0.15) is 12.2 Å². The average Bonchev–Trinajstić information content (AvgIpc) is 3.27. The van der Waals surface area contributed by atoms with Crippen LogP contribution in [0, 0.1) is 16.7 Å². The Balaban J connectivity index is 2.04. The van der Waals surface area contributed by atoms with Crippen LogP contribution in [0.5, 0.6) is 0 Å². The third-order valence-corrected chi connectivity index (χ3v) is 6.53. The molecule has 0 saturated carbocycles. The number of halogens is 1. The molecule has 168 valence electrons. The highest BCUT2D eigenvalue weighted by molar-refractivity contribution is 7.93. The van der Waals surface area contributed by atoms with Crippen LogP contribution in [0.1, 0.15) is 31.1 Å². The minimum atomic E-state index is -3.85. The van der Waals surface area contributed by atoms with Crippen LogP contribution in [0.25, 0.3) is 0 Å². The molecule has 0 saturated heterocycles. The van der Waals surface area contributed by atoms with Crippen LogP contribution >= 0.6 is 11.5 Å². The maximum Gasteiger partial charge on any atom is 0.263 e. The van der Waals surface area contributed by atoms with Crippen molar-refractivity contribution in [2.24, 2.45) is 5.41 Å². The topological polar surface area (TPSA) is 125 Å². The summed E-state index contributed by atoms with van der Waals surface area (Å²) >= 11 is 0.899. The van der Waals surface area contributed by atoms with E-state index < -0.39 is 27.2 Å². The van der Waals surface area contributed by atoms with Gasteiger partial charge >= 0.3 is 0 Å². The largest absolute Gasteiger partial charge is 0.348 e. The lowest BCUT2D eigenvalue weighted by Gasteiger charge is -2.17. The molecule has 0 aliphatic rings. The van der Waals surface area contributed by atoms with Crippen LogP contribution in [0.3, 0.4) is 0 Å². The molecule has 1 aromatic heterocycles. The minimum Gasteiger partial charge on any atom is -0.348 e. The third kappa shape index (κ3) is 6.32. The summed E-state index contributed by atoms with van der Waals surface area (Å²) in [6.07, 6.45) is 4.08. The van der Waals surface area contributed by atoms with Gasteiger partial charge in [0.15, 0.2) is 0 Å². The van der Waals surface area contributed by atoms with Crippen LogP contribution in [0.2, 0.25) is 0 Å².